The number of hydrogen-bond acceptors (Lipinski definition) is 2. The average molecular weight is 294 g/mol. The van der Waals surface area contributed by atoms with Gasteiger partial charge in [0.2, 0.25) is 0 Å². The van der Waals surface area contributed by atoms with Gasteiger partial charge >= 0.3 is 0 Å². The average Bonchev–Trinajstić information content (AvgIpc) is 2.58. The second-order valence-corrected chi connectivity index (χ2v) is 5.55. The summed E-state index contributed by atoms with van der Waals surface area (Å²) in [7, 11) is 0. The zero-order valence-corrected chi connectivity index (χ0v) is 12.8. The van der Waals surface area contributed by atoms with Crippen LogP contribution >= 0.6 is 0 Å². The first kappa shape index (κ1) is 16.2. The molecule has 0 spiro atoms. The smallest absolute Gasteiger partial charge is 0.150 e. The molecule has 0 saturated heterocycles. The number of aryl methyl sites for hydroxylation is 2. The summed E-state index contributed by atoms with van der Waals surface area (Å²) >= 11 is 0. The summed E-state index contributed by atoms with van der Waals surface area (Å²) in [6.45, 7) is 0. The van der Waals surface area contributed by atoms with Gasteiger partial charge < -0.3 is 0 Å². The summed E-state index contributed by atoms with van der Waals surface area (Å²) in [6, 6.07) is 15.6. The molecule has 0 aromatic heterocycles. The van der Waals surface area contributed by atoms with Gasteiger partial charge in [0.15, 0.2) is 0 Å². The van der Waals surface area contributed by atoms with Gasteiger partial charge in [-0.05, 0) is 36.8 Å². The highest BCUT2D eigenvalue weighted by atomic mass is 16.1. The first-order chi connectivity index (χ1) is 10.8. The van der Waals surface area contributed by atoms with Crippen molar-refractivity contribution in [1.29, 1.82) is 0 Å². The third-order valence-corrected chi connectivity index (χ3v) is 4.01. The highest BCUT2D eigenvalue weighted by molar-refractivity contribution is 5.77. The quantitative estimate of drug-likeness (QED) is 0.498. The summed E-state index contributed by atoms with van der Waals surface area (Å²) in [6.07, 6.45) is 8.28. The van der Waals surface area contributed by atoms with Gasteiger partial charge in [-0.3, -0.25) is 9.59 Å². The molecule has 0 aliphatic carbocycles. The van der Waals surface area contributed by atoms with Crippen LogP contribution in [0.5, 0.6) is 0 Å². The fourth-order valence-corrected chi connectivity index (χ4v) is 2.74. The predicted octanol–water partition coefficient (Wildman–Crippen LogP) is 4.66. The van der Waals surface area contributed by atoms with Crippen molar-refractivity contribution in [2.45, 2.75) is 38.5 Å². The van der Waals surface area contributed by atoms with Crippen LogP contribution in [0.4, 0.5) is 0 Å². The predicted molar refractivity (Wildman–Crippen MR) is 89.5 cm³/mol. The second kappa shape index (κ2) is 8.93. The van der Waals surface area contributed by atoms with E-state index in [0.717, 1.165) is 73.4 Å². The Morgan fingerprint density at radius 2 is 1.00 bits per heavy atom. The second-order valence-electron chi connectivity index (χ2n) is 5.55. The molecular formula is C20H22O2. The minimum absolute atomic E-state index is 0.808. The monoisotopic (exact) mass is 294 g/mol. The molecule has 2 nitrogen and oxygen atoms in total. The van der Waals surface area contributed by atoms with Crippen LogP contribution in [0.2, 0.25) is 0 Å². The number of hydrogen-bond donors (Lipinski definition) is 0. The number of benzene rings is 2. The lowest BCUT2D eigenvalue weighted by molar-refractivity contribution is 0.111. The summed E-state index contributed by atoms with van der Waals surface area (Å²) < 4.78 is 0. The maximum absolute atomic E-state index is 11.0. The Labute approximate surface area is 132 Å². The Morgan fingerprint density at radius 1 is 0.591 bits per heavy atom. The van der Waals surface area contributed by atoms with Crippen molar-refractivity contribution in [3.8, 4) is 0 Å². The normalized spacial score (nSPS) is 10.4. The molecule has 0 atom stereocenters. The Morgan fingerprint density at radius 3 is 1.41 bits per heavy atom. The Bertz CT molecular complexity index is 561. The molecule has 0 unspecified atom stereocenters. The number of aldehydes is 2. The Kier molecular flexibility index (Phi) is 6.56. The van der Waals surface area contributed by atoms with Gasteiger partial charge in [-0.15, -0.1) is 0 Å². The van der Waals surface area contributed by atoms with E-state index in [1.807, 2.05) is 48.5 Å². The van der Waals surface area contributed by atoms with E-state index in [4.69, 9.17) is 0 Å². The van der Waals surface area contributed by atoms with Gasteiger partial charge in [0.1, 0.15) is 12.6 Å². The number of rotatable bonds is 9. The molecule has 2 aromatic carbocycles. The molecule has 0 fully saturated rings. The zero-order chi connectivity index (χ0) is 15.6. The fraction of sp³-hybridized carbons (Fsp3) is 0.300. The molecule has 0 radical (unpaired) electrons. The first-order valence-electron chi connectivity index (χ1n) is 7.91. The van der Waals surface area contributed by atoms with Crippen molar-refractivity contribution in [2.75, 3.05) is 0 Å². The minimum Gasteiger partial charge on any atom is -0.298 e. The Hall–Kier alpha value is -2.22. The van der Waals surface area contributed by atoms with E-state index in [1.54, 1.807) is 0 Å². The van der Waals surface area contributed by atoms with E-state index in [0.29, 0.717) is 0 Å². The molecule has 0 amide bonds. The maximum atomic E-state index is 11.0. The highest BCUT2D eigenvalue weighted by Gasteiger charge is 2.02. The van der Waals surface area contributed by atoms with Crippen LogP contribution in [0, 0.1) is 0 Å². The standard InChI is InChI=1S/C20H22O2/c21-15-19-13-7-5-11-17(19)9-3-1-2-4-10-18-12-6-8-14-20(18)16-22/h5-8,11-16H,1-4,9-10H2. The van der Waals surface area contributed by atoms with Crippen LogP contribution in [-0.2, 0) is 12.8 Å². The summed E-state index contributed by atoms with van der Waals surface area (Å²) in [4.78, 5) is 21.9. The molecule has 114 valence electrons. The zero-order valence-electron chi connectivity index (χ0n) is 12.8. The van der Waals surface area contributed by atoms with Gasteiger partial charge in [0.05, 0.1) is 0 Å². The molecule has 0 aliphatic rings. The van der Waals surface area contributed by atoms with E-state index >= 15 is 0 Å². The van der Waals surface area contributed by atoms with Gasteiger partial charge in [0.25, 0.3) is 0 Å². The van der Waals surface area contributed by atoms with E-state index in [9.17, 15) is 9.59 Å². The van der Waals surface area contributed by atoms with Crippen molar-refractivity contribution in [1.82, 2.24) is 0 Å². The van der Waals surface area contributed by atoms with Crippen molar-refractivity contribution in [2.24, 2.45) is 0 Å². The van der Waals surface area contributed by atoms with Crippen LogP contribution in [0.1, 0.15) is 57.5 Å². The third-order valence-electron chi connectivity index (χ3n) is 4.01. The largest absolute Gasteiger partial charge is 0.298 e. The van der Waals surface area contributed by atoms with Crippen molar-refractivity contribution in [3.05, 3.63) is 70.8 Å². The van der Waals surface area contributed by atoms with Crippen LogP contribution in [0.3, 0.4) is 0 Å². The van der Waals surface area contributed by atoms with Crippen molar-refractivity contribution < 1.29 is 9.59 Å². The summed E-state index contributed by atoms with van der Waals surface area (Å²) in [5.41, 5.74) is 3.90. The molecule has 0 saturated carbocycles. The van der Waals surface area contributed by atoms with E-state index in [-0.39, 0.29) is 0 Å². The van der Waals surface area contributed by atoms with Gasteiger partial charge in [-0.25, -0.2) is 0 Å². The fourth-order valence-electron chi connectivity index (χ4n) is 2.74. The first-order valence-corrected chi connectivity index (χ1v) is 7.91. The number of carbonyl (C=O) groups is 2. The summed E-state index contributed by atoms with van der Waals surface area (Å²) in [5, 5.41) is 0. The van der Waals surface area contributed by atoms with Gasteiger partial charge in [-0.1, -0.05) is 61.4 Å². The lowest BCUT2D eigenvalue weighted by Crippen LogP contribution is -1.94. The van der Waals surface area contributed by atoms with Crippen LogP contribution in [-0.4, -0.2) is 12.6 Å². The van der Waals surface area contributed by atoms with E-state index in [1.165, 1.54) is 0 Å². The lowest BCUT2D eigenvalue weighted by atomic mass is 9.99. The Balaban J connectivity index is 1.69. The van der Waals surface area contributed by atoms with Crippen molar-refractivity contribution in [3.63, 3.8) is 0 Å². The SMILES string of the molecule is O=Cc1ccccc1CCCCCCc1ccccc1C=O. The minimum atomic E-state index is 0.808. The molecule has 2 aromatic rings. The molecule has 0 aliphatic heterocycles. The van der Waals surface area contributed by atoms with Crippen LogP contribution < -0.4 is 0 Å². The molecule has 2 heteroatoms. The van der Waals surface area contributed by atoms with E-state index in [2.05, 4.69) is 0 Å². The van der Waals surface area contributed by atoms with Crippen molar-refractivity contribution >= 4 is 12.6 Å². The van der Waals surface area contributed by atoms with E-state index < -0.39 is 0 Å². The van der Waals surface area contributed by atoms with Crippen LogP contribution in [0.15, 0.2) is 48.5 Å². The molecule has 0 heterocycles. The maximum Gasteiger partial charge on any atom is 0.150 e. The highest BCUT2D eigenvalue weighted by Crippen LogP contribution is 2.14. The third kappa shape index (κ3) is 4.66. The lowest BCUT2D eigenvalue weighted by Gasteiger charge is -2.06. The van der Waals surface area contributed by atoms with Gasteiger partial charge in [-0.2, -0.15) is 0 Å². The molecule has 0 bridgehead atoms. The molecule has 0 N–H and O–H groups in total. The topological polar surface area (TPSA) is 34.1 Å². The molecular weight excluding hydrogens is 272 g/mol. The molecule has 2 rings (SSSR count). The summed E-state index contributed by atoms with van der Waals surface area (Å²) in [5.74, 6) is 0. The van der Waals surface area contributed by atoms with Gasteiger partial charge in [0, 0.05) is 11.1 Å². The molecule has 22 heavy (non-hydrogen) atoms. The number of unbranched alkanes of at least 4 members (excludes halogenated alkanes) is 3. The number of carbonyl (C=O) groups excluding carboxylic acids is 2. The van der Waals surface area contributed by atoms with Crippen LogP contribution in [0.25, 0.3) is 0 Å².